The number of hydrogen-bond donors (Lipinski definition) is 0. The van der Waals surface area contributed by atoms with E-state index in [0.29, 0.717) is 5.92 Å². The second kappa shape index (κ2) is 8.89. The largest absolute Gasteiger partial charge is 0.351 e. The van der Waals surface area contributed by atoms with Gasteiger partial charge >= 0.3 is 0 Å². The fourth-order valence-corrected chi connectivity index (χ4v) is 4.00. The molecule has 3 heteroatoms. The van der Waals surface area contributed by atoms with E-state index >= 15 is 0 Å². The van der Waals surface area contributed by atoms with Crippen LogP contribution in [0.3, 0.4) is 0 Å². The molecule has 3 nitrogen and oxygen atoms in total. The average molecular weight is 307 g/mol. The van der Waals surface area contributed by atoms with Gasteiger partial charge in [-0.05, 0) is 38.0 Å². The molecule has 0 atom stereocenters. The molecule has 1 saturated heterocycles. The van der Waals surface area contributed by atoms with Crippen LogP contribution >= 0.6 is 0 Å². The standard InChI is InChI=1S/C19H33NO2/c1-3-5-6-8-16-9-11-19(15-20,12-10-16)18-21-13-17(7-4-2)14-22-18/h16-18H,3-14H2,1-2H3. The van der Waals surface area contributed by atoms with Crippen molar-refractivity contribution in [2.24, 2.45) is 17.3 Å². The summed E-state index contributed by atoms with van der Waals surface area (Å²) >= 11 is 0. The number of ether oxygens (including phenoxy) is 2. The first-order chi connectivity index (χ1) is 10.7. The van der Waals surface area contributed by atoms with Crippen LogP contribution < -0.4 is 0 Å². The molecule has 0 aromatic rings. The number of nitriles is 1. The molecule has 0 aromatic heterocycles. The minimum Gasteiger partial charge on any atom is -0.351 e. The van der Waals surface area contributed by atoms with Crippen LogP contribution in [0.1, 0.15) is 78.1 Å². The topological polar surface area (TPSA) is 42.2 Å². The molecule has 0 bridgehead atoms. The van der Waals surface area contributed by atoms with E-state index in [9.17, 15) is 5.26 Å². The third kappa shape index (κ3) is 4.46. The summed E-state index contributed by atoms with van der Waals surface area (Å²) in [5.41, 5.74) is -0.390. The Kier molecular flexibility index (Phi) is 7.18. The first kappa shape index (κ1) is 17.8. The summed E-state index contributed by atoms with van der Waals surface area (Å²) in [7, 11) is 0. The van der Waals surface area contributed by atoms with Gasteiger partial charge in [-0.25, -0.2) is 0 Å². The fraction of sp³-hybridized carbons (Fsp3) is 0.947. The van der Waals surface area contributed by atoms with Crippen molar-refractivity contribution >= 4 is 0 Å². The van der Waals surface area contributed by atoms with Crippen LogP contribution in [-0.2, 0) is 9.47 Å². The fourth-order valence-electron chi connectivity index (χ4n) is 4.00. The molecule has 1 saturated carbocycles. The highest BCUT2D eigenvalue weighted by Gasteiger charge is 2.45. The monoisotopic (exact) mass is 307 g/mol. The zero-order chi connectivity index (χ0) is 15.8. The van der Waals surface area contributed by atoms with Crippen molar-refractivity contribution in [3.05, 3.63) is 0 Å². The molecule has 0 aromatic carbocycles. The highest BCUT2D eigenvalue weighted by Crippen LogP contribution is 2.45. The smallest absolute Gasteiger partial charge is 0.176 e. The maximum atomic E-state index is 9.75. The summed E-state index contributed by atoms with van der Waals surface area (Å²) < 4.78 is 11.9. The van der Waals surface area contributed by atoms with Crippen molar-refractivity contribution in [2.45, 2.75) is 84.3 Å². The molecule has 1 aliphatic heterocycles. The van der Waals surface area contributed by atoms with E-state index in [4.69, 9.17) is 9.47 Å². The lowest BCUT2D eigenvalue weighted by atomic mass is 9.69. The minimum atomic E-state index is -0.390. The molecule has 2 aliphatic rings. The molecule has 0 radical (unpaired) electrons. The number of nitrogens with zero attached hydrogens (tertiary/aromatic N) is 1. The van der Waals surface area contributed by atoms with Crippen molar-refractivity contribution in [3.63, 3.8) is 0 Å². The van der Waals surface area contributed by atoms with Gasteiger partial charge in [-0.3, -0.25) is 0 Å². The summed E-state index contributed by atoms with van der Waals surface area (Å²) in [6, 6.07) is 2.57. The zero-order valence-corrected chi connectivity index (χ0v) is 14.5. The summed E-state index contributed by atoms with van der Waals surface area (Å²) in [6.07, 6.45) is 11.6. The molecule has 0 unspecified atom stereocenters. The minimum absolute atomic E-state index is 0.290. The molecule has 22 heavy (non-hydrogen) atoms. The van der Waals surface area contributed by atoms with Crippen LogP contribution in [0, 0.1) is 28.6 Å². The Balaban J connectivity index is 1.81. The molecule has 0 N–H and O–H groups in total. The SMILES string of the molecule is CCCCCC1CCC(C#N)(C2OCC(CCC)CO2)CC1. The van der Waals surface area contributed by atoms with Gasteiger partial charge in [0.15, 0.2) is 6.29 Å². The van der Waals surface area contributed by atoms with Gasteiger partial charge in [-0.15, -0.1) is 0 Å². The van der Waals surface area contributed by atoms with Gasteiger partial charge in [0, 0.05) is 5.92 Å². The third-order valence-corrected chi connectivity index (χ3v) is 5.55. The van der Waals surface area contributed by atoms with Crippen LogP contribution in [-0.4, -0.2) is 19.5 Å². The molecular formula is C19H33NO2. The van der Waals surface area contributed by atoms with Crippen molar-refractivity contribution in [3.8, 4) is 6.07 Å². The molecular weight excluding hydrogens is 274 g/mol. The van der Waals surface area contributed by atoms with Gasteiger partial charge in [0.05, 0.1) is 19.3 Å². The van der Waals surface area contributed by atoms with E-state index in [-0.39, 0.29) is 6.29 Å². The number of hydrogen-bond acceptors (Lipinski definition) is 3. The molecule has 2 fully saturated rings. The lowest BCUT2D eigenvalue weighted by Gasteiger charge is -2.42. The molecule has 1 heterocycles. The molecule has 0 amide bonds. The second-order valence-corrected chi connectivity index (χ2v) is 7.36. The average Bonchev–Trinajstić information content (AvgIpc) is 2.57. The summed E-state index contributed by atoms with van der Waals surface area (Å²) in [4.78, 5) is 0. The summed E-state index contributed by atoms with van der Waals surface area (Å²) in [6.45, 7) is 5.98. The molecule has 2 rings (SSSR count). The summed E-state index contributed by atoms with van der Waals surface area (Å²) in [5.74, 6) is 1.33. The van der Waals surface area contributed by atoms with Gasteiger partial charge in [0.1, 0.15) is 5.41 Å². The van der Waals surface area contributed by atoms with E-state index in [1.54, 1.807) is 0 Å². The van der Waals surface area contributed by atoms with Crippen LogP contribution in [0.4, 0.5) is 0 Å². The van der Waals surface area contributed by atoms with Crippen molar-refractivity contribution in [1.82, 2.24) is 0 Å². The van der Waals surface area contributed by atoms with Gasteiger partial charge in [-0.1, -0.05) is 46.0 Å². The lowest BCUT2D eigenvalue weighted by molar-refractivity contribution is -0.247. The van der Waals surface area contributed by atoms with Crippen molar-refractivity contribution < 1.29 is 9.47 Å². The van der Waals surface area contributed by atoms with E-state index < -0.39 is 5.41 Å². The van der Waals surface area contributed by atoms with Gasteiger partial charge < -0.3 is 9.47 Å². The normalized spacial score (nSPS) is 36.0. The highest BCUT2D eigenvalue weighted by molar-refractivity contribution is 5.04. The third-order valence-electron chi connectivity index (χ3n) is 5.55. The van der Waals surface area contributed by atoms with Gasteiger partial charge in [0.25, 0.3) is 0 Å². The Morgan fingerprint density at radius 1 is 0.955 bits per heavy atom. The molecule has 126 valence electrons. The first-order valence-electron chi connectivity index (χ1n) is 9.38. The number of unbranched alkanes of at least 4 members (excludes halogenated alkanes) is 2. The maximum absolute atomic E-state index is 9.75. The highest BCUT2D eigenvalue weighted by atomic mass is 16.7. The Morgan fingerprint density at radius 3 is 2.18 bits per heavy atom. The number of rotatable bonds is 7. The van der Waals surface area contributed by atoms with Crippen LogP contribution in [0.5, 0.6) is 0 Å². The molecule has 0 spiro atoms. The van der Waals surface area contributed by atoms with Gasteiger partial charge in [-0.2, -0.15) is 5.26 Å². The lowest BCUT2D eigenvalue weighted by Crippen LogP contribution is -2.45. The predicted octanol–water partition coefficient (Wildman–Crippen LogP) is 5.06. The predicted molar refractivity (Wildman–Crippen MR) is 88.2 cm³/mol. The van der Waals surface area contributed by atoms with Crippen molar-refractivity contribution in [1.29, 1.82) is 5.26 Å². The maximum Gasteiger partial charge on any atom is 0.176 e. The van der Waals surface area contributed by atoms with E-state index in [2.05, 4.69) is 19.9 Å². The van der Waals surface area contributed by atoms with Crippen LogP contribution in [0.25, 0.3) is 0 Å². The van der Waals surface area contributed by atoms with E-state index in [1.807, 2.05) is 0 Å². The Morgan fingerprint density at radius 2 is 1.64 bits per heavy atom. The van der Waals surface area contributed by atoms with Crippen molar-refractivity contribution in [2.75, 3.05) is 13.2 Å². The molecule has 1 aliphatic carbocycles. The Bertz CT molecular complexity index is 347. The quantitative estimate of drug-likeness (QED) is 0.618. The second-order valence-electron chi connectivity index (χ2n) is 7.36. The van der Waals surface area contributed by atoms with E-state index in [1.165, 1.54) is 44.9 Å². The zero-order valence-electron chi connectivity index (χ0n) is 14.5. The van der Waals surface area contributed by atoms with Crippen LogP contribution in [0.2, 0.25) is 0 Å². The van der Waals surface area contributed by atoms with E-state index in [0.717, 1.165) is 38.4 Å². The Labute approximate surface area is 136 Å². The summed E-state index contributed by atoms with van der Waals surface area (Å²) in [5, 5.41) is 9.75. The van der Waals surface area contributed by atoms with Gasteiger partial charge in [0.2, 0.25) is 0 Å². The first-order valence-corrected chi connectivity index (χ1v) is 9.38. The Hall–Kier alpha value is -0.590. The van der Waals surface area contributed by atoms with Crippen LogP contribution in [0.15, 0.2) is 0 Å².